The summed E-state index contributed by atoms with van der Waals surface area (Å²) in [5.74, 6) is 0.498. The van der Waals surface area contributed by atoms with E-state index in [2.05, 4.69) is 40.0 Å². The fraction of sp³-hybridized carbons (Fsp3) is 0.571. The molecular formula is C14H20BrFN2. The van der Waals surface area contributed by atoms with Crippen LogP contribution in [0.1, 0.15) is 19.4 Å². The third-order valence-corrected chi connectivity index (χ3v) is 3.99. The Morgan fingerprint density at radius 3 is 3.00 bits per heavy atom. The zero-order valence-electron chi connectivity index (χ0n) is 10.9. The van der Waals surface area contributed by atoms with Gasteiger partial charge in [-0.3, -0.25) is 4.90 Å². The van der Waals surface area contributed by atoms with Crippen molar-refractivity contribution >= 4 is 15.9 Å². The van der Waals surface area contributed by atoms with E-state index < -0.39 is 0 Å². The van der Waals surface area contributed by atoms with Crippen molar-refractivity contribution in [1.82, 2.24) is 10.2 Å². The van der Waals surface area contributed by atoms with Crippen LogP contribution in [0, 0.1) is 11.7 Å². The zero-order valence-corrected chi connectivity index (χ0v) is 12.5. The van der Waals surface area contributed by atoms with E-state index in [0.717, 1.165) is 29.7 Å². The lowest BCUT2D eigenvalue weighted by Crippen LogP contribution is -2.52. The molecule has 1 aliphatic rings. The van der Waals surface area contributed by atoms with E-state index >= 15 is 0 Å². The predicted octanol–water partition coefficient (Wildman–Crippen LogP) is 3.02. The largest absolute Gasteiger partial charge is 0.311 e. The first-order chi connectivity index (χ1) is 8.56. The first kappa shape index (κ1) is 14.0. The minimum absolute atomic E-state index is 0.113. The van der Waals surface area contributed by atoms with Crippen LogP contribution in [0.5, 0.6) is 0 Å². The van der Waals surface area contributed by atoms with Gasteiger partial charge in [0.2, 0.25) is 0 Å². The van der Waals surface area contributed by atoms with Gasteiger partial charge in [-0.05, 0) is 24.1 Å². The van der Waals surface area contributed by atoms with Crippen molar-refractivity contribution in [2.75, 3.05) is 19.6 Å². The number of hydrogen-bond donors (Lipinski definition) is 1. The Kier molecular flexibility index (Phi) is 4.76. The Morgan fingerprint density at radius 1 is 1.50 bits per heavy atom. The Bertz CT molecular complexity index is 409. The maximum absolute atomic E-state index is 13.7. The van der Waals surface area contributed by atoms with Gasteiger partial charge in [0.15, 0.2) is 0 Å². The number of rotatable bonds is 3. The average Bonchev–Trinajstić information content (AvgIpc) is 2.34. The monoisotopic (exact) mass is 314 g/mol. The lowest BCUT2D eigenvalue weighted by Gasteiger charge is -2.35. The van der Waals surface area contributed by atoms with Gasteiger partial charge in [0.05, 0.1) is 0 Å². The van der Waals surface area contributed by atoms with Gasteiger partial charge in [0.1, 0.15) is 5.82 Å². The molecule has 1 atom stereocenters. The molecule has 1 saturated heterocycles. The van der Waals surface area contributed by atoms with Gasteiger partial charge in [-0.1, -0.05) is 29.8 Å². The molecule has 1 aromatic rings. The molecule has 1 aliphatic heterocycles. The summed E-state index contributed by atoms with van der Waals surface area (Å²) in [6.07, 6.45) is 0. The zero-order chi connectivity index (χ0) is 13.1. The minimum atomic E-state index is -0.113. The molecule has 0 aliphatic carbocycles. The van der Waals surface area contributed by atoms with E-state index in [1.54, 1.807) is 6.07 Å². The SMILES string of the molecule is CC(C)C1CN(Cc2cc(Br)ccc2F)CCN1. The number of nitrogens with zero attached hydrogens (tertiary/aromatic N) is 1. The van der Waals surface area contributed by atoms with E-state index in [4.69, 9.17) is 0 Å². The van der Waals surface area contributed by atoms with Crippen molar-refractivity contribution in [3.63, 3.8) is 0 Å². The standard InChI is InChI=1S/C14H20BrFN2/c1-10(2)14-9-18(6-5-17-14)8-11-7-12(15)3-4-13(11)16/h3-4,7,10,14,17H,5-6,8-9H2,1-2H3. The van der Waals surface area contributed by atoms with Crippen LogP contribution >= 0.6 is 15.9 Å². The number of halogens is 2. The molecule has 1 unspecified atom stereocenters. The second kappa shape index (κ2) is 6.13. The third-order valence-electron chi connectivity index (χ3n) is 3.50. The molecular weight excluding hydrogens is 295 g/mol. The number of nitrogens with one attached hydrogen (secondary N) is 1. The van der Waals surface area contributed by atoms with Crippen LogP contribution in [0.25, 0.3) is 0 Å². The van der Waals surface area contributed by atoms with Crippen LogP contribution in [0.2, 0.25) is 0 Å². The second-order valence-electron chi connectivity index (χ2n) is 5.28. The lowest BCUT2D eigenvalue weighted by molar-refractivity contribution is 0.167. The van der Waals surface area contributed by atoms with Crippen LogP contribution < -0.4 is 5.32 Å². The average molecular weight is 315 g/mol. The van der Waals surface area contributed by atoms with Gasteiger partial charge in [-0.2, -0.15) is 0 Å². The van der Waals surface area contributed by atoms with Gasteiger partial charge in [-0.25, -0.2) is 4.39 Å². The Hall–Kier alpha value is -0.450. The highest BCUT2D eigenvalue weighted by Gasteiger charge is 2.22. The normalized spacial score (nSPS) is 21.5. The molecule has 18 heavy (non-hydrogen) atoms. The van der Waals surface area contributed by atoms with Crippen LogP contribution in [-0.4, -0.2) is 30.6 Å². The summed E-state index contributed by atoms with van der Waals surface area (Å²) in [7, 11) is 0. The number of piperazine rings is 1. The van der Waals surface area contributed by atoms with E-state index in [1.165, 1.54) is 6.07 Å². The van der Waals surface area contributed by atoms with Crippen LogP contribution in [0.15, 0.2) is 22.7 Å². The highest BCUT2D eigenvalue weighted by Crippen LogP contribution is 2.18. The summed E-state index contributed by atoms with van der Waals surface area (Å²) >= 11 is 3.40. The molecule has 1 aromatic carbocycles. The molecule has 2 rings (SSSR count). The van der Waals surface area contributed by atoms with E-state index in [-0.39, 0.29) is 5.82 Å². The summed E-state index contributed by atoms with van der Waals surface area (Å²) in [6, 6.07) is 5.66. The maximum atomic E-state index is 13.7. The van der Waals surface area contributed by atoms with Crippen LogP contribution in [0.4, 0.5) is 4.39 Å². The van der Waals surface area contributed by atoms with E-state index in [0.29, 0.717) is 18.5 Å². The molecule has 100 valence electrons. The van der Waals surface area contributed by atoms with Crippen molar-refractivity contribution in [3.05, 3.63) is 34.1 Å². The lowest BCUT2D eigenvalue weighted by atomic mass is 10.0. The summed E-state index contributed by atoms with van der Waals surface area (Å²) in [5.41, 5.74) is 0.772. The molecule has 0 saturated carbocycles. The summed E-state index contributed by atoms with van der Waals surface area (Å²) in [6.45, 7) is 8.09. The van der Waals surface area contributed by atoms with Crippen molar-refractivity contribution < 1.29 is 4.39 Å². The molecule has 0 aromatic heterocycles. The van der Waals surface area contributed by atoms with Crippen molar-refractivity contribution in [1.29, 1.82) is 0 Å². The smallest absolute Gasteiger partial charge is 0.127 e. The van der Waals surface area contributed by atoms with Crippen LogP contribution in [-0.2, 0) is 6.54 Å². The molecule has 0 spiro atoms. The summed E-state index contributed by atoms with van der Waals surface area (Å²) in [5, 5.41) is 3.52. The Balaban J connectivity index is 2.02. The molecule has 1 fully saturated rings. The Labute approximate surface area is 117 Å². The highest BCUT2D eigenvalue weighted by molar-refractivity contribution is 9.10. The first-order valence-corrected chi connectivity index (χ1v) is 7.25. The first-order valence-electron chi connectivity index (χ1n) is 6.46. The third kappa shape index (κ3) is 3.53. The van der Waals surface area contributed by atoms with Crippen molar-refractivity contribution in [2.45, 2.75) is 26.4 Å². The quantitative estimate of drug-likeness (QED) is 0.922. The number of benzene rings is 1. The molecule has 1 N–H and O–H groups in total. The van der Waals surface area contributed by atoms with Gasteiger partial charge >= 0.3 is 0 Å². The maximum Gasteiger partial charge on any atom is 0.127 e. The van der Waals surface area contributed by atoms with Crippen LogP contribution in [0.3, 0.4) is 0 Å². The molecule has 1 heterocycles. The highest BCUT2D eigenvalue weighted by atomic mass is 79.9. The number of hydrogen-bond acceptors (Lipinski definition) is 2. The van der Waals surface area contributed by atoms with Gasteiger partial charge in [-0.15, -0.1) is 0 Å². The fourth-order valence-corrected chi connectivity index (χ4v) is 2.75. The molecule has 0 amide bonds. The second-order valence-corrected chi connectivity index (χ2v) is 6.19. The fourth-order valence-electron chi connectivity index (χ4n) is 2.34. The summed E-state index contributed by atoms with van der Waals surface area (Å²) in [4.78, 5) is 2.33. The molecule has 0 radical (unpaired) electrons. The van der Waals surface area contributed by atoms with Gasteiger partial charge < -0.3 is 5.32 Å². The van der Waals surface area contributed by atoms with Crippen molar-refractivity contribution in [2.24, 2.45) is 5.92 Å². The molecule has 2 nitrogen and oxygen atoms in total. The van der Waals surface area contributed by atoms with Crippen molar-refractivity contribution in [3.8, 4) is 0 Å². The minimum Gasteiger partial charge on any atom is -0.311 e. The van der Waals surface area contributed by atoms with E-state index in [9.17, 15) is 4.39 Å². The topological polar surface area (TPSA) is 15.3 Å². The Morgan fingerprint density at radius 2 is 2.28 bits per heavy atom. The van der Waals surface area contributed by atoms with Gasteiger partial charge in [0.25, 0.3) is 0 Å². The predicted molar refractivity (Wildman–Crippen MR) is 76.0 cm³/mol. The summed E-state index contributed by atoms with van der Waals surface area (Å²) < 4.78 is 14.7. The molecule has 0 bridgehead atoms. The van der Waals surface area contributed by atoms with Gasteiger partial charge in [0, 0.05) is 42.3 Å². The molecule has 4 heteroatoms. The van der Waals surface area contributed by atoms with E-state index in [1.807, 2.05) is 6.07 Å².